The van der Waals surface area contributed by atoms with Crippen LogP contribution in [0.25, 0.3) is 0 Å². The van der Waals surface area contributed by atoms with Crippen molar-refractivity contribution in [3.05, 3.63) is 59.2 Å². The van der Waals surface area contributed by atoms with Crippen LogP contribution in [-0.2, 0) is 18.4 Å². The molecule has 3 heterocycles. The zero-order chi connectivity index (χ0) is 18.4. The van der Waals surface area contributed by atoms with Crippen LogP contribution in [0.5, 0.6) is 11.5 Å². The lowest BCUT2D eigenvalue weighted by Crippen LogP contribution is -2.51. The minimum atomic E-state index is -0.103. The number of ether oxygens (including phenoxy) is 2. The van der Waals surface area contributed by atoms with Crippen LogP contribution in [0.1, 0.15) is 16.7 Å². The average molecular weight is 363 g/mol. The van der Waals surface area contributed by atoms with Crippen LogP contribution in [0.4, 0.5) is 0 Å². The predicted octanol–water partition coefficient (Wildman–Crippen LogP) is 2.69. The molecule has 3 aliphatic rings. The molecule has 0 N–H and O–H groups in total. The lowest BCUT2D eigenvalue weighted by Gasteiger charge is -2.44. The number of aliphatic imine (C=N–C) groups is 1. The topological polar surface area (TPSA) is 37.3 Å². The van der Waals surface area contributed by atoms with Crippen LogP contribution in [0, 0.1) is 0 Å². The molecule has 0 aliphatic carbocycles. The van der Waals surface area contributed by atoms with Gasteiger partial charge < -0.3 is 19.3 Å². The predicted molar refractivity (Wildman–Crippen MR) is 106 cm³/mol. The standard InChI is InChI=1S/C22H25N3O2/c1-26-19-12-17-8-10-25-21-23-9-11-24(21)15-22(25,18(17)13-20(19)27-2)14-16-6-4-3-5-7-16/h3-7,12-13H,8-11,14-15H2,1-2H3. The SMILES string of the molecule is COc1cc2c(cc1OC)C1(Cc3ccccc3)CN3CCN=C3N1CC2. The van der Waals surface area contributed by atoms with Gasteiger partial charge in [-0.1, -0.05) is 30.3 Å². The number of nitrogens with zero attached hydrogens (tertiary/aromatic N) is 3. The summed E-state index contributed by atoms with van der Waals surface area (Å²) in [6, 6.07) is 15.2. The molecule has 2 aromatic carbocycles. The summed E-state index contributed by atoms with van der Waals surface area (Å²) in [4.78, 5) is 9.83. The molecule has 0 radical (unpaired) electrons. The van der Waals surface area contributed by atoms with Crippen molar-refractivity contribution in [2.45, 2.75) is 18.4 Å². The van der Waals surface area contributed by atoms with Gasteiger partial charge in [-0.3, -0.25) is 4.99 Å². The Morgan fingerprint density at radius 2 is 1.81 bits per heavy atom. The summed E-state index contributed by atoms with van der Waals surface area (Å²) in [6.07, 6.45) is 1.96. The zero-order valence-corrected chi connectivity index (χ0v) is 15.9. The summed E-state index contributed by atoms with van der Waals surface area (Å²) in [5, 5.41) is 0. The van der Waals surface area contributed by atoms with Crippen LogP contribution in [-0.4, -0.2) is 56.2 Å². The van der Waals surface area contributed by atoms with E-state index >= 15 is 0 Å². The van der Waals surface area contributed by atoms with Crippen LogP contribution in [0.2, 0.25) is 0 Å². The summed E-state index contributed by atoms with van der Waals surface area (Å²) in [7, 11) is 3.42. The van der Waals surface area contributed by atoms with E-state index in [-0.39, 0.29) is 5.54 Å². The van der Waals surface area contributed by atoms with Crippen molar-refractivity contribution in [3.8, 4) is 11.5 Å². The molecule has 5 heteroatoms. The van der Waals surface area contributed by atoms with Crippen LogP contribution in [0.3, 0.4) is 0 Å². The van der Waals surface area contributed by atoms with E-state index < -0.39 is 0 Å². The van der Waals surface area contributed by atoms with Gasteiger partial charge in [0.15, 0.2) is 17.5 Å². The van der Waals surface area contributed by atoms with E-state index in [1.54, 1.807) is 14.2 Å². The van der Waals surface area contributed by atoms with E-state index in [2.05, 4.69) is 52.3 Å². The lowest BCUT2D eigenvalue weighted by molar-refractivity contribution is 0.180. The fourth-order valence-corrected chi connectivity index (χ4v) is 4.99. The Balaban J connectivity index is 1.68. The van der Waals surface area contributed by atoms with Gasteiger partial charge in [-0.25, -0.2) is 0 Å². The Labute approximate surface area is 160 Å². The van der Waals surface area contributed by atoms with Crippen molar-refractivity contribution in [2.24, 2.45) is 4.99 Å². The molecule has 2 aromatic rings. The maximum Gasteiger partial charge on any atom is 0.197 e. The van der Waals surface area contributed by atoms with E-state index in [0.29, 0.717) is 0 Å². The molecular formula is C22H25N3O2. The molecule has 0 bridgehead atoms. The first-order valence-electron chi connectivity index (χ1n) is 9.61. The second-order valence-electron chi connectivity index (χ2n) is 7.56. The van der Waals surface area contributed by atoms with Gasteiger partial charge in [0.05, 0.1) is 26.3 Å². The number of guanidine groups is 1. The molecule has 0 amide bonds. The van der Waals surface area contributed by atoms with Crippen molar-refractivity contribution >= 4 is 5.96 Å². The molecular weight excluding hydrogens is 338 g/mol. The highest BCUT2D eigenvalue weighted by molar-refractivity contribution is 5.86. The largest absolute Gasteiger partial charge is 0.493 e. The van der Waals surface area contributed by atoms with Gasteiger partial charge in [0.25, 0.3) is 0 Å². The second kappa shape index (κ2) is 6.19. The van der Waals surface area contributed by atoms with Gasteiger partial charge in [-0.2, -0.15) is 0 Å². The van der Waals surface area contributed by atoms with Gasteiger partial charge >= 0.3 is 0 Å². The van der Waals surface area contributed by atoms with Gasteiger partial charge in [0, 0.05) is 26.1 Å². The van der Waals surface area contributed by atoms with E-state index in [4.69, 9.17) is 14.5 Å². The Bertz CT molecular complexity index is 896. The van der Waals surface area contributed by atoms with Gasteiger partial charge in [-0.05, 0) is 35.2 Å². The normalized spacial score (nSPS) is 22.8. The number of benzene rings is 2. The quantitative estimate of drug-likeness (QED) is 0.837. The molecule has 140 valence electrons. The van der Waals surface area contributed by atoms with Crippen molar-refractivity contribution in [1.82, 2.24) is 9.80 Å². The molecule has 1 saturated heterocycles. The van der Waals surface area contributed by atoms with E-state index in [1.807, 2.05) is 0 Å². The molecule has 0 aromatic heterocycles. The Kier molecular flexibility index (Phi) is 3.78. The summed E-state index contributed by atoms with van der Waals surface area (Å²) < 4.78 is 11.2. The van der Waals surface area contributed by atoms with E-state index in [9.17, 15) is 0 Å². The fraction of sp³-hybridized carbons (Fsp3) is 0.409. The number of hydrogen-bond acceptors (Lipinski definition) is 5. The molecule has 0 spiro atoms. The lowest BCUT2D eigenvalue weighted by atomic mass is 9.77. The first-order chi connectivity index (χ1) is 13.2. The minimum absolute atomic E-state index is 0.103. The van der Waals surface area contributed by atoms with Crippen LogP contribution in [0.15, 0.2) is 47.5 Å². The fourth-order valence-electron chi connectivity index (χ4n) is 4.99. The first kappa shape index (κ1) is 16.5. The van der Waals surface area contributed by atoms with Crippen molar-refractivity contribution in [3.63, 3.8) is 0 Å². The molecule has 1 atom stereocenters. The second-order valence-corrected chi connectivity index (χ2v) is 7.56. The summed E-state index contributed by atoms with van der Waals surface area (Å²) in [5.41, 5.74) is 3.97. The average Bonchev–Trinajstić information content (AvgIpc) is 3.26. The molecule has 0 saturated carbocycles. The number of fused-ring (bicyclic) bond motifs is 5. The molecule has 5 rings (SSSR count). The molecule has 1 fully saturated rings. The van der Waals surface area contributed by atoms with Crippen molar-refractivity contribution < 1.29 is 9.47 Å². The van der Waals surface area contributed by atoms with Gasteiger partial charge in [0.2, 0.25) is 0 Å². The zero-order valence-electron chi connectivity index (χ0n) is 15.9. The van der Waals surface area contributed by atoms with Crippen LogP contribution < -0.4 is 9.47 Å². The maximum absolute atomic E-state index is 5.65. The van der Waals surface area contributed by atoms with Gasteiger partial charge in [0.1, 0.15) is 0 Å². The third-order valence-corrected chi connectivity index (χ3v) is 6.17. The highest BCUT2D eigenvalue weighted by Gasteiger charge is 2.53. The van der Waals surface area contributed by atoms with Gasteiger partial charge in [-0.15, -0.1) is 0 Å². The highest BCUT2D eigenvalue weighted by Crippen LogP contribution is 2.47. The third kappa shape index (κ3) is 2.41. The van der Waals surface area contributed by atoms with E-state index in [1.165, 1.54) is 22.6 Å². The van der Waals surface area contributed by atoms with Crippen LogP contribution >= 0.6 is 0 Å². The maximum atomic E-state index is 5.65. The molecule has 5 nitrogen and oxygen atoms in total. The summed E-state index contributed by atoms with van der Waals surface area (Å²) >= 11 is 0. The smallest absolute Gasteiger partial charge is 0.197 e. The van der Waals surface area contributed by atoms with Crippen molar-refractivity contribution in [1.29, 1.82) is 0 Å². The third-order valence-electron chi connectivity index (χ3n) is 6.17. The molecule has 1 unspecified atom stereocenters. The summed E-state index contributed by atoms with van der Waals surface area (Å²) in [6.45, 7) is 3.89. The highest BCUT2D eigenvalue weighted by atomic mass is 16.5. The molecule has 27 heavy (non-hydrogen) atoms. The van der Waals surface area contributed by atoms with E-state index in [0.717, 1.165) is 50.5 Å². The number of rotatable bonds is 4. The monoisotopic (exact) mass is 363 g/mol. The summed E-state index contributed by atoms with van der Waals surface area (Å²) in [5.74, 6) is 2.79. The Hall–Kier alpha value is -2.69. The number of hydrogen-bond donors (Lipinski definition) is 0. The molecule has 3 aliphatic heterocycles. The Morgan fingerprint density at radius 1 is 1.04 bits per heavy atom. The van der Waals surface area contributed by atoms with Crippen molar-refractivity contribution in [2.75, 3.05) is 40.4 Å². The first-order valence-corrected chi connectivity index (χ1v) is 9.61. The Morgan fingerprint density at radius 3 is 2.59 bits per heavy atom. The minimum Gasteiger partial charge on any atom is -0.493 e. The number of methoxy groups -OCH3 is 2.